The van der Waals surface area contributed by atoms with E-state index in [1.54, 1.807) is 25.4 Å². The maximum atomic E-state index is 13.5. The van der Waals surface area contributed by atoms with Crippen molar-refractivity contribution in [1.29, 1.82) is 0 Å². The molecule has 0 saturated heterocycles. The third kappa shape index (κ3) is 5.44. The summed E-state index contributed by atoms with van der Waals surface area (Å²) < 4.78 is 13.5. The van der Waals surface area contributed by atoms with E-state index in [9.17, 15) is 4.39 Å². The van der Waals surface area contributed by atoms with Gasteiger partial charge < -0.3 is 15.5 Å². The second-order valence-corrected chi connectivity index (χ2v) is 7.09. The molecule has 0 spiro atoms. The van der Waals surface area contributed by atoms with Crippen molar-refractivity contribution in [3.05, 3.63) is 59.5 Å². The van der Waals surface area contributed by atoms with Gasteiger partial charge in [0.15, 0.2) is 5.96 Å². The summed E-state index contributed by atoms with van der Waals surface area (Å²) in [5.41, 5.74) is 1.84. The largest absolute Gasteiger partial charge is 0.363 e. The van der Waals surface area contributed by atoms with E-state index in [4.69, 9.17) is 0 Å². The average Bonchev–Trinajstić information content (AvgIpc) is 2.62. The van der Waals surface area contributed by atoms with Crippen LogP contribution in [-0.4, -0.2) is 38.6 Å². The maximum Gasteiger partial charge on any atom is 0.191 e. The molecule has 2 rings (SSSR count). The van der Waals surface area contributed by atoms with E-state index in [0.29, 0.717) is 19.0 Å². The van der Waals surface area contributed by atoms with Crippen molar-refractivity contribution < 1.29 is 4.39 Å². The van der Waals surface area contributed by atoms with Gasteiger partial charge in [-0.1, -0.05) is 26.0 Å². The Balaban J connectivity index is 1.94. The lowest BCUT2D eigenvalue weighted by atomic mass is 9.84. The molecule has 5 nitrogen and oxygen atoms in total. The lowest BCUT2D eigenvalue weighted by molar-refractivity contribution is 0.503. The van der Waals surface area contributed by atoms with Crippen LogP contribution in [0.5, 0.6) is 0 Å². The third-order valence-electron chi connectivity index (χ3n) is 4.26. The SMILES string of the molecule is CN=C(NCc1ccnc(N(C)C)c1)NCC(C)(C)c1cccc(F)c1. The third-order valence-corrected chi connectivity index (χ3v) is 4.26. The topological polar surface area (TPSA) is 52.6 Å². The Bertz CT molecular complexity index is 755. The highest BCUT2D eigenvalue weighted by molar-refractivity contribution is 5.79. The zero-order chi connectivity index (χ0) is 19.2. The van der Waals surface area contributed by atoms with Gasteiger partial charge in [0.2, 0.25) is 0 Å². The highest BCUT2D eigenvalue weighted by Gasteiger charge is 2.21. The number of guanidine groups is 1. The Morgan fingerprint density at radius 2 is 1.96 bits per heavy atom. The normalized spacial score (nSPS) is 12.0. The van der Waals surface area contributed by atoms with Gasteiger partial charge in [-0.25, -0.2) is 9.37 Å². The number of rotatable bonds is 6. The first-order chi connectivity index (χ1) is 12.3. The first-order valence-electron chi connectivity index (χ1n) is 8.64. The van der Waals surface area contributed by atoms with Gasteiger partial charge >= 0.3 is 0 Å². The van der Waals surface area contributed by atoms with E-state index >= 15 is 0 Å². The summed E-state index contributed by atoms with van der Waals surface area (Å²) in [6.07, 6.45) is 1.80. The minimum absolute atomic E-state index is 0.215. The molecule has 0 aliphatic rings. The molecule has 0 bridgehead atoms. The lowest BCUT2D eigenvalue weighted by Gasteiger charge is -2.27. The maximum absolute atomic E-state index is 13.5. The van der Waals surface area contributed by atoms with Crippen molar-refractivity contribution in [3.8, 4) is 0 Å². The summed E-state index contributed by atoms with van der Waals surface area (Å²) in [7, 11) is 5.67. The fourth-order valence-electron chi connectivity index (χ4n) is 2.54. The van der Waals surface area contributed by atoms with Crippen LogP contribution in [0.3, 0.4) is 0 Å². The van der Waals surface area contributed by atoms with Crippen LogP contribution >= 0.6 is 0 Å². The number of hydrogen-bond acceptors (Lipinski definition) is 3. The van der Waals surface area contributed by atoms with Gasteiger partial charge in [0.25, 0.3) is 0 Å². The van der Waals surface area contributed by atoms with Gasteiger partial charge in [0, 0.05) is 45.8 Å². The fraction of sp³-hybridized carbons (Fsp3) is 0.400. The van der Waals surface area contributed by atoms with Crippen LogP contribution in [0.25, 0.3) is 0 Å². The number of nitrogens with one attached hydrogen (secondary N) is 2. The Labute approximate surface area is 155 Å². The van der Waals surface area contributed by atoms with Crippen molar-refractivity contribution in [3.63, 3.8) is 0 Å². The molecule has 0 amide bonds. The molecule has 1 aromatic carbocycles. The predicted octanol–water partition coefficient (Wildman–Crippen LogP) is 2.93. The van der Waals surface area contributed by atoms with Gasteiger partial charge in [0.05, 0.1) is 0 Å². The van der Waals surface area contributed by atoms with E-state index in [2.05, 4.69) is 34.5 Å². The summed E-state index contributed by atoms with van der Waals surface area (Å²) >= 11 is 0. The first-order valence-corrected chi connectivity index (χ1v) is 8.64. The Kier molecular flexibility index (Phi) is 6.55. The van der Waals surface area contributed by atoms with Gasteiger partial charge in [-0.05, 0) is 35.4 Å². The molecule has 0 saturated carbocycles. The van der Waals surface area contributed by atoms with Crippen LogP contribution in [0.1, 0.15) is 25.0 Å². The molecule has 0 aliphatic heterocycles. The monoisotopic (exact) mass is 357 g/mol. The number of hydrogen-bond donors (Lipinski definition) is 2. The highest BCUT2D eigenvalue weighted by Crippen LogP contribution is 2.22. The molecule has 0 aliphatic carbocycles. The number of aromatic nitrogens is 1. The Hall–Kier alpha value is -2.63. The number of aliphatic imine (C=N–C) groups is 1. The van der Waals surface area contributed by atoms with Crippen LogP contribution < -0.4 is 15.5 Å². The first kappa shape index (κ1) is 19.7. The molecule has 0 unspecified atom stereocenters. The van der Waals surface area contributed by atoms with Crippen LogP contribution in [0.4, 0.5) is 10.2 Å². The molecule has 2 aromatic rings. The summed E-state index contributed by atoms with van der Waals surface area (Å²) in [4.78, 5) is 10.6. The van der Waals surface area contributed by atoms with Gasteiger partial charge in [-0.3, -0.25) is 4.99 Å². The minimum Gasteiger partial charge on any atom is -0.363 e. The second-order valence-electron chi connectivity index (χ2n) is 7.09. The van der Waals surface area contributed by atoms with Crippen LogP contribution in [0.15, 0.2) is 47.6 Å². The highest BCUT2D eigenvalue weighted by atomic mass is 19.1. The van der Waals surface area contributed by atoms with E-state index < -0.39 is 0 Å². The summed E-state index contributed by atoms with van der Waals surface area (Å²) in [5.74, 6) is 1.41. The molecular weight excluding hydrogens is 329 g/mol. The van der Waals surface area contributed by atoms with E-state index in [1.807, 2.05) is 37.2 Å². The molecule has 0 radical (unpaired) electrons. The van der Waals surface area contributed by atoms with Crippen molar-refractivity contribution in [2.45, 2.75) is 25.8 Å². The number of halogens is 1. The summed E-state index contributed by atoms with van der Waals surface area (Å²) in [5, 5.41) is 6.63. The van der Waals surface area contributed by atoms with Crippen LogP contribution in [0.2, 0.25) is 0 Å². The molecule has 0 atom stereocenters. The summed E-state index contributed by atoms with van der Waals surface area (Å²) in [6.45, 7) is 5.43. The second kappa shape index (κ2) is 8.65. The molecule has 2 N–H and O–H groups in total. The molecule has 6 heteroatoms. The minimum atomic E-state index is -0.228. The van der Waals surface area contributed by atoms with Crippen molar-refractivity contribution in [2.24, 2.45) is 4.99 Å². The number of benzene rings is 1. The number of nitrogens with zero attached hydrogens (tertiary/aromatic N) is 3. The fourth-order valence-corrected chi connectivity index (χ4v) is 2.54. The quantitative estimate of drug-likeness (QED) is 0.617. The van der Waals surface area contributed by atoms with Crippen LogP contribution in [-0.2, 0) is 12.0 Å². The Morgan fingerprint density at radius 1 is 1.19 bits per heavy atom. The van der Waals surface area contributed by atoms with Gasteiger partial charge in [-0.15, -0.1) is 0 Å². The zero-order valence-electron chi connectivity index (χ0n) is 16.2. The van der Waals surface area contributed by atoms with Gasteiger partial charge in [-0.2, -0.15) is 0 Å². The molecule has 1 heterocycles. The molecule has 1 aromatic heterocycles. The van der Waals surface area contributed by atoms with Crippen molar-refractivity contribution in [1.82, 2.24) is 15.6 Å². The molecule has 140 valence electrons. The molecule has 0 fully saturated rings. The van der Waals surface area contributed by atoms with Crippen molar-refractivity contribution in [2.75, 3.05) is 32.6 Å². The van der Waals surface area contributed by atoms with Crippen LogP contribution in [0, 0.1) is 5.82 Å². The zero-order valence-corrected chi connectivity index (χ0v) is 16.2. The molecule has 26 heavy (non-hydrogen) atoms. The molecular formula is C20H28FN5. The number of anilines is 1. The predicted molar refractivity (Wildman–Crippen MR) is 106 cm³/mol. The van der Waals surface area contributed by atoms with E-state index in [-0.39, 0.29) is 11.2 Å². The van der Waals surface area contributed by atoms with Crippen molar-refractivity contribution >= 4 is 11.8 Å². The Morgan fingerprint density at radius 3 is 2.62 bits per heavy atom. The van der Waals surface area contributed by atoms with E-state index in [1.165, 1.54) is 6.07 Å². The standard InChI is InChI=1S/C20H28FN5/c1-20(2,16-7-6-8-17(21)12-16)14-25-19(22-3)24-13-15-9-10-23-18(11-15)26(4)5/h6-12H,13-14H2,1-5H3,(H2,22,24,25). The summed E-state index contributed by atoms with van der Waals surface area (Å²) in [6, 6.07) is 10.7. The van der Waals surface area contributed by atoms with Gasteiger partial charge in [0.1, 0.15) is 11.6 Å². The number of pyridine rings is 1. The average molecular weight is 357 g/mol. The lowest BCUT2D eigenvalue weighted by Crippen LogP contribution is -2.43. The van der Waals surface area contributed by atoms with E-state index in [0.717, 1.165) is 16.9 Å². The smallest absolute Gasteiger partial charge is 0.191 e.